The minimum Gasteiger partial charge on any atom is -0.353 e. The molecule has 0 saturated heterocycles. The maximum absolute atomic E-state index is 11.9. The van der Waals surface area contributed by atoms with Crippen molar-refractivity contribution in [1.29, 1.82) is 0 Å². The van der Waals surface area contributed by atoms with Crippen LogP contribution in [-0.2, 0) is 11.2 Å². The van der Waals surface area contributed by atoms with E-state index >= 15 is 0 Å². The molecule has 1 fully saturated rings. The lowest BCUT2D eigenvalue weighted by atomic mass is 9.95. The van der Waals surface area contributed by atoms with E-state index in [4.69, 9.17) is 0 Å². The summed E-state index contributed by atoms with van der Waals surface area (Å²) in [5, 5.41) is 3.90. The molecule has 2 rings (SSSR count). The van der Waals surface area contributed by atoms with E-state index in [9.17, 15) is 4.79 Å². The molecule has 3 nitrogen and oxygen atoms in total. The molecule has 0 unspecified atom stereocenters. The normalized spacial score (nSPS) is 23.0. The third kappa shape index (κ3) is 4.86. The zero-order chi connectivity index (χ0) is 13.5. The summed E-state index contributed by atoms with van der Waals surface area (Å²) in [6.45, 7) is 0. The molecule has 1 amide bonds. The zero-order valence-electron chi connectivity index (χ0n) is 11.5. The maximum atomic E-state index is 11.9. The number of thioether (sulfide) groups is 1. The summed E-state index contributed by atoms with van der Waals surface area (Å²) in [5.74, 6) is 0.176. The van der Waals surface area contributed by atoms with Gasteiger partial charge in [0.15, 0.2) is 0 Å². The molecule has 19 heavy (non-hydrogen) atoms. The van der Waals surface area contributed by atoms with Crippen molar-refractivity contribution in [3.05, 3.63) is 30.1 Å². The summed E-state index contributed by atoms with van der Waals surface area (Å²) in [4.78, 5) is 16.0. The van der Waals surface area contributed by atoms with Gasteiger partial charge in [-0.05, 0) is 43.6 Å². The Balaban J connectivity index is 1.72. The molecule has 4 heteroatoms. The van der Waals surface area contributed by atoms with Crippen LogP contribution in [0, 0.1) is 0 Å². The number of aromatic nitrogens is 1. The van der Waals surface area contributed by atoms with Crippen molar-refractivity contribution in [3.63, 3.8) is 0 Å². The van der Waals surface area contributed by atoms with Gasteiger partial charge < -0.3 is 5.32 Å². The van der Waals surface area contributed by atoms with Gasteiger partial charge in [0, 0.05) is 30.1 Å². The van der Waals surface area contributed by atoms with Gasteiger partial charge in [0.1, 0.15) is 0 Å². The third-order valence-corrected chi connectivity index (χ3v) is 4.78. The maximum Gasteiger partial charge on any atom is 0.220 e. The molecule has 1 aliphatic rings. The van der Waals surface area contributed by atoms with E-state index in [-0.39, 0.29) is 5.91 Å². The molecule has 104 valence electrons. The monoisotopic (exact) mass is 278 g/mol. The van der Waals surface area contributed by atoms with Gasteiger partial charge in [-0.25, -0.2) is 0 Å². The molecule has 1 aliphatic carbocycles. The summed E-state index contributed by atoms with van der Waals surface area (Å²) in [7, 11) is 0. The Morgan fingerprint density at radius 2 is 2.42 bits per heavy atom. The van der Waals surface area contributed by atoms with Gasteiger partial charge in [0.05, 0.1) is 0 Å². The fourth-order valence-electron chi connectivity index (χ4n) is 2.59. The van der Waals surface area contributed by atoms with Gasteiger partial charge in [-0.2, -0.15) is 11.8 Å². The predicted molar refractivity (Wildman–Crippen MR) is 80.3 cm³/mol. The number of aryl methyl sites for hydroxylation is 1. The van der Waals surface area contributed by atoms with Crippen LogP contribution in [0.5, 0.6) is 0 Å². The number of hydrogen-bond donors (Lipinski definition) is 1. The highest BCUT2D eigenvalue weighted by Crippen LogP contribution is 2.26. The van der Waals surface area contributed by atoms with Crippen molar-refractivity contribution in [2.45, 2.75) is 49.8 Å². The predicted octanol–water partition coefficient (Wildman–Crippen LogP) is 2.80. The van der Waals surface area contributed by atoms with Crippen LogP contribution in [0.3, 0.4) is 0 Å². The number of pyridine rings is 1. The van der Waals surface area contributed by atoms with Gasteiger partial charge in [-0.3, -0.25) is 9.78 Å². The Morgan fingerprint density at radius 1 is 1.53 bits per heavy atom. The van der Waals surface area contributed by atoms with Crippen LogP contribution < -0.4 is 5.32 Å². The highest BCUT2D eigenvalue weighted by Gasteiger charge is 2.22. The lowest BCUT2D eigenvalue weighted by molar-refractivity contribution is -0.121. The van der Waals surface area contributed by atoms with Crippen LogP contribution in [0.2, 0.25) is 0 Å². The van der Waals surface area contributed by atoms with Crippen molar-refractivity contribution >= 4 is 17.7 Å². The Hall–Kier alpha value is -1.03. The number of nitrogens with zero attached hydrogens (tertiary/aromatic N) is 1. The van der Waals surface area contributed by atoms with Crippen molar-refractivity contribution in [1.82, 2.24) is 10.3 Å². The average molecular weight is 278 g/mol. The van der Waals surface area contributed by atoms with Crippen molar-refractivity contribution in [2.24, 2.45) is 0 Å². The first-order chi connectivity index (χ1) is 9.28. The number of carbonyl (C=O) groups is 1. The molecular weight excluding hydrogens is 256 g/mol. The van der Waals surface area contributed by atoms with Crippen LogP contribution >= 0.6 is 11.8 Å². The summed E-state index contributed by atoms with van der Waals surface area (Å²) >= 11 is 1.93. The SMILES string of the molecule is CS[C@H]1CCC[C@@H](NC(=O)CCc2cccnc2)C1. The van der Waals surface area contributed by atoms with Crippen LogP contribution in [0.25, 0.3) is 0 Å². The number of amides is 1. The highest BCUT2D eigenvalue weighted by atomic mass is 32.2. The summed E-state index contributed by atoms with van der Waals surface area (Å²) in [6.07, 6.45) is 11.9. The minimum atomic E-state index is 0.176. The Labute approximate surface area is 119 Å². The van der Waals surface area contributed by atoms with E-state index in [1.165, 1.54) is 12.8 Å². The van der Waals surface area contributed by atoms with Crippen molar-refractivity contribution in [3.8, 4) is 0 Å². The first-order valence-electron chi connectivity index (χ1n) is 6.99. The lowest BCUT2D eigenvalue weighted by Gasteiger charge is -2.28. The van der Waals surface area contributed by atoms with E-state index in [1.54, 1.807) is 6.20 Å². The topological polar surface area (TPSA) is 42.0 Å². The molecule has 1 N–H and O–H groups in total. The molecule has 0 spiro atoms. The molecule has 0 aliphatic heterocycles. The van der Waals surface area contributed by atoms with E-state index in [2.05, 4.69) is 16.6 Å². The molecule has 1 heterocycles. The fraction of sp³-hybridized carbons (Fsp3) is 0.600. The van der Waals surface area contributed by atoms with Crippen molar-refractivity contribution in [2.75, 3.05) is 6.26 Å². The van der Waals surface area contributed by atoms with Crippen LogP contribution in [0.1, 0.15) is 37.7 Å². The number of carbonyl (C=O) groups excluding carboxylic acids is 1. The molecule has 0 aromatic carbocycles. The molecule has 1 aromatic heterocycles. The van der Waals surface area contributed by atoms with Gasteiger partial charge in [0.2, 0.25) is 5.91 Å². The zero-order valence-corrected chi connectivity index (χ0v) is 12.3. The Morgan fingerprint density at radius 3 is 3.16 bits per heavy atom. The average Bonchev–Trinajstić information content (AvgIpc) is 2.46. The lowest BCUT2D eigenvalue weighted by Crippen LogP contribution is -2.39. The molecule has 2 atom stereocenters. The summed E-state index contributed by atoms with van der Waals surface area (Å²) in [6, 6.07) is 4.31. The summed E-state index contributed by atoms with van der Waals surface area (Å²) < 4.78 is 0. The number of nitrogens with one attached hydrogen (secondary N) is 1. The fourth-order valence-corrected chi connectivity index (χ4v) is 3.42. The quantitative estimate of drug-likeness (QED) is 0.900. The first kappa shape index (κ1) is 14.4. The third-order valence-electron chi connectivity index (χ3n) is 3.69. The van der Waals surface area contributed by atoms with Crippen LogP contribution in [0.4, 0.5) is 0 Å². The van der Waals surface area contributed by atoms with Gasteiger partial charge in [-0.15, -0.1) is 0 Å². The second-order valence-electron chi connectivity index (χ2n) is 5.15. The smallest absolute Gasteiger partial charge is 0.220 e. The van der Waals surface area contributed by atoms with Gasteiger partial charge in [-0.1, -0.05) is 12.5 Å². The Bertz CT molecular complexity index is 396. The van der Waals surface area contributed by atoms with Crippen LogP contribution in [0.15, 0.2) is 24.5 Å². The van der Waals surface area contributed by atoms with Gasteiger partial charge >= 0.3 is 0 Å². The second kappa shape index (κ2) is 7.53. The van der Waals surface area contributed by atoms with E-state index in [1.807, 2.05) is 30.1 Å². The molecule has 1 aromatic rings. The highest BCUT2D eigenvalue weighted by molar-refractivity contribution is 7.99. The van der Waals surface area contributed by atoms with Crippen molar-refractivity contribution < 1.29 is 4.79 Å². The number of rotatable bonds is 5. The molecular formula is C15H22N2OS. The molecule has 1 saturated carbocycles. The van der Waals surface area contributed by atoms with E-state index < -0.39 is 0 Å². The second-order valence-corrected chi connectivity index (χ2v) is 6.29. The number of hydrogen-bond acceptors (Lipinski definition) is 3. The minimum absolute atomic E-state index is 0.176. The molecule has 0 radical (unpaired) electrons. The summed E-state index contributed by atoms with van der Waals surface area (Å²) in [5.41, 5.74) is 1.13. The standard InChI is InChI=1S/C15H22N2OS/c1-19-14-6-2-5-13(10-14)17-15(18)8-7-12-4-3-9-16-11-12/h3-4,9,11,13-14H,2,5-8,10H2,1H3,(H,17,18)/t13-,14+/m1/s1. The first-order valence-corrected chi connectivity index (χ1v) is 8.28. The molecule has 0 bridgehead atoms. The Kier molecular flexibility index (Phi) is 5.70. The van der Waals surface area contributed by atoms with Crippen LogP contribution in [-0.4, -0.2) is 28.4 Å². The van der Waals surface area contributed by atoms with Gasteiger partial charge in [0.25, 0.3) is 0 Å². The van der Waals surface area contributed by atoms with E-state index in [0.717, 1.165) is 30.1 Å². The largest absolute Gasteiger partial charge is 0.353 e. The van der Waals surface area contributed by atoms with E-state index in [0.29, 0.717) is 12.5 Å².